The number of nitrogens with zero attached hydrogens (tertiary/aromatic N) is 1. The first-order valence-corrected chi connectivity index (χ1v) is 10.8. The molecule has 0 aromatic heterocycles. The minimum atomic E-state index is -3.60. The van der Waals surface area contributed by atoms with Gasteiger partial charge in [0.1, 0.15) is 0 Å². The summed E-state index contributed by atoms with van der Waals surface area (Å²) in [6, 6.07) is 11.1. The van der Waals surface area contributed by atoms with Gasteiger partial charge in [0, 0.05) is 36.4 Å². The fourth-order valence-electron chi connectivity index (χ4n) is 3.41. The first kappa shape index (κ1) is 19.6. The molecule has 9 heteroatoms. The second kappa shape index (κ2) is 7.94. The largest absolute Gasteiger partial charge is 0.379 e. The van der Waals surface area contributed by atoms with Crippen LogP contribution in [-0.4, -0.2) is 57.4 Å². The van der Waals surface area contributed by atoms with Gasteiger partial charge in [0.25, 0.3) is 11.8 Å². The number of carbonyl (C=O) groups excluding carboxylic acids is 2. The number of carbonyl (C=O) groups is 2. The van der Waals surface area contributed by atoms with Crippen molar-refractivity contribution in [3.8, 4) is 0 Å². The van der Waals surface area contributed by atoms with E-state index in [0.717, 1.165) is 12.0 Å². The molecule has 1 fully saturated rings. The number of hydrogen-bond acceptors (Lipinski definition) is 5. The molecule has 2 aromatic carbocycles. The molecule has 29 heavy (non-hydrogen) atoms. The number of nitrogens with one attached hydrogen (secondary N) is 2. The maximum Gasteiger partial charge on any atom is 0.255 e. The third-order valence-electron chi connectivity index (χ3n) is 5.02. The molecule has 0 saturated carbocycles. The standard InChI is InChI=1S/C20H21N3O5S/c24-19(22-16-4-1-14-7-8-21-20(25)18(14)13-16)15-2-5-17(6-3-15)29(26,27)23-9-11-28-12-10-23/h1-6,13H,7-12H2,(H,21,25)(H,22,24). The first-order chi connectivity index (χ1) is 13.9. The molecule has 2 aromatic rings. The normalized spacial score (nSPS) is 17.3. The van der Waals surface area contributed by atoms with Crippen LogP contribution in [0, 0.1) is 0 Å². The third kappa shape index (κ3) is 4.02. The monoisotopic (exact) mass is 415 g/mol. The van der Waals surface area contributed by atoms with Crippen molar-refractivity contribution in [2.45, 2.75) is 11.3 Å². The number of amides is 2. The van der Waals surface area contributed by atoms with Gasteiger partial charge < -0.3 is 15.4 Å². The van der Waals surface area contributed by atoms with Crippen LogP contribution < -0.4 is 10.6 Å². The molecule has 2 heterocycles. The van der Waals surface area contributed by atoms with E-state index in [1.54, 1.807) is 12.1 Å². The van der Waals surface area contributed by atoms with E-state index in [9.17, 15) is 18.0 Å². The SMILES string of the molecule is O=C(Nc1ccc2c(c1)C(=O)NCC2)c1ccc(S(=O)(=O)N2CCOCC2)cc1. The van der Waals surface area contributed by atoms with Crippen LogP contribution in [0.4, 0.5) is 5.69 Å². The molecule has 152 valence electrons. The third-order valence-corrected chi connectivity index (χ3v) is 6.93. The Morgan fingerprint density at radius 3 is 2.52 bits per heavy atom. The molecule has 0 atom stereocenters. The Morgan fingerprint density at radius 1 is 1.07 bits per heavy atom. The Balaban J connectivity index is 1.49. The van der Waals surface area contributed by atoms with Gasteiger partial charge in [0.15, 0.2) is 0 Å². The Kier molecular flexibility index (Phi) is 5.35. The van der Waals surface area contributed by atoms with Gasteiger partial charge in [-0.25, -0.2) is 8.42 Å². The first-order valence-electron chi connectivity index (χ1n) is 9.35. The Hall–Kier alpha value is -2.75. The average molecular weight is 415 g/mol. The van der Waals surface area contributed by atoms with Gasteiger partial charge >= 0.3 is 0 Å². The number of rotatable bonds is 4. The second-order valence-corrected chi connectivity index (χ2v) is 8.81. The van der Waals surface area contributed by atoms with Gasteiger partial charge in [-0.1, -0.05) is 6.07 Å². The number of hydrogen-bond donors (Lipinski definition) is 2. The van der Waals surface area contributed by atoms with Crippen molar-refractivity contribution in [3.05, 3.63) is 59.2 Å². The van der Waals surface area contributed by atoms with E-state index >= 15 is 0 Å². The lowest BCUT2D eigenvalue weighted by molar-refractivity contribution is 0.0730. The van der Waals surface area contributed by atoms with Gasteiger partial charge in [-0.3, -0.25) is 9.59 Å². The van der Waals surface area contributed by atoms with Crippen molar-refractivity contribution in [1.29, 1.82) is 0 Å². The van der Waals surface area contributed by atoms with Crippen molar-refractivity contribution in [2.75, 3.05) is 38.2 Å². The van der Waals surface area contributed by atoms with Crippen LogP contribution in [0.1, 0.15) is 26.3 Å². The van der Waals surface area contributed by atoms with Crippen LogP contribution in [0.15, 0.2) is 47.4 Å². The van der Waals surface area contributed by atoms with Crippen LogP contribution in [0.5, 0.6) is 0 Å². The zero-order chi connectivity index (χ0) is 20.4. The predicted molar refractivity (Wildman–Crippen MR) is 106 cm³/mol. The van der Waals surface area contributed by atoms with E-state index < -0.39 is 10.0 Å². The zero-order valence-corrected chi connectivity index (χ0v) is 16.5. The van der Waals surface area contributed by atoms with E-state index in [2.05, 4.69) is 10.6 Å². The van der Waals surface area contributed by atoms with E-state index in [4.69, 9.17) is 4.74 Å². The fourth-order valence-corrected chi connectivity index (χ4v) is 4.82. The van der Waals surface area contributed by atoms with Crippen molar-refractivity contribution in [2.24, 2.45) is 0 Å². The smallest absolute Gasteiger partial charge is 0.255 e. The fraction of sp³-hybridized carbons (Fsp3) is 0.300. The maximum atomic E-state index is 12.7. The lowest BCUT2D eigenvalue weighted by Gasteiger charge is -2.26. The van der Waals surface area contributed by atoms with E-state index in [0.29, 0.717) is 49.7 Å². The van der Waals surface area contributed by atoms with Crippen molar-refractivity contribution < 1.29 is 22.7 Å². The summed E-state index contributed by atoms with van der Waals surface area (Å²) in [5.41, 5.74) is 2.34. The van der Waals surface area contributed by atoms with Crippen LogP contribution in [0.2, 0.25) is 0 Å². The molecule has 2 N–H and O–H groups in total. The molecule has 2 aliphatic heterocycles. The molecular formula is C20H21N3O5S. The minimum absolute atomic E-state index is 0.140. The molecule has 0 bridgehead atoms. The average Bonchev–Trinajstić information content (AvgIpc) is 2.75. The molecule has 8 nitrogen and oxygen atoms in total. The lowest BCUT2D eigenvalue weighted by atomic mass is 10.00. The van der Waals surface area contributed by atoms with Gasteiger partial charge in [-0.2, -0.15) is 4.31 Å². The van der Waals surface area contributed by atoms with Crippen molar-refractivity contribution >= 4 is 27.5 Å². The van der Waals surface area contributed by atoms with Crippen molar-refractivity contribution in [1.82, 2.24) is 9.62 Å². The lowest BCUT2D eigenvalue weighted by Crippen LogP contribution is -2.40. The molecule has 1 saturated heterocycles. The van der Waals surface area contributed by atoms with Gasteiger partial charge in [0.2, 0.25) is 10.0 Å². The summed E-state index contributed by atoms with van der Waals surface area (Å²) in [6.45, 7) is 1.99. The molecule has 0 aliphatic carbocycles. The topological polar surface area (TPSA) is 105 Å². The summed E-state index contributed by atoms with van der Waals surface area (Å²) in [6.07, 6.45) is 0.758. The van der Waals surface area contributed by atoms with E-state index in [-0.39, 0.29) is 16.7 Å². The zero-order valence-electron chi connectivity index (χ0n) is 15.7. The number of sulfonamides is 1. The Bertz CT molecular complexity index is 1040. The quantitative estimate of drug-likeness (QED) is 0.782. The second-order valence-electron chi connectivity index (χ2n) is 6.87. The number of fused-ring (bicyclic) bond motifs is 1. The molecule has 4 rings (SSSR count). The van der Waals surface area contributed by atoms with E-state index in [1.165, 1.54) is 28.6 Å². The summed E-state index contributed by atoms with van der Waals surface area (Å²) in [5, 5.41) is 5.53. The summed E-state index contributed by atoms with van der Waals surface area (Å²) < 4.78 is 31.9. The number of morpholine rings is 1. The number of anilines is 1. The predicted octanol–water partition coefficient (Wildman–Crippen LogP) is 1.25. The highest BCUT2D eigenvalue weighted by Gasteiger charge is 2.26. The summed E-state index contributed by atoms with van der Waals surface area (Å²) >= 11 is 0. The maximum absolute atomic E-state index is 12.7. The van der Waals surface area contributed by atoms with Gasteiger partial charge in [0.05, 0.1) is 18.1 Å². The van der Waals surface area contributed by atoms with Crippen LogP contribution in [-0.2, 0) is 21.2 Å². The van der Waals surface area contributed by atoms with Crippen molar-refractivity contribution in [3.63, 3.8) is 0 Å². The number of ether oxygens (including phenoxy) is 1. The van der Waals surface area contributed by atoms with Crippen LogP contribution >= 0.6 is 0 Å². The summed E-state index contributed by atoms with van der Waals surface area (Å²) in [5.74, 6) is -0.531. The number of benzene rings is 2. The van der Waals surface area contributed by atoms with Crippen LogP contribution in [0.25, 0.3) is 0 Å². The summed E-state index contributed by atoms with van der Waals surface area (Å²) in [4.78, 5) is 24.6. The van der Waals surface area contributed by atoms with Gasteiger partial charge in [-0.15, -0.1) is 0 Å². The minimum Gasteiger partial charge on any atom is -0.379 e. The molecule has 2 amide bonds. The van der Waals surface area contributed by atoms with Crippen LogP contribution in [0.3, 0.4) is 0 Å². The Morgan fingerprint density at radius 2 is 1.79 bits per heavy atom. The van der Waals surface area contributed by atoms with E-state index in [1.807, 2.05) is 6.07 Å². The molecule has 0 radical (unpaired) electrons. The highest BCUT2D eigenvalue weighted by atomic mass is 32.2. The molecule has 0 spiro atoms. The highest BCUT2D eigenvalue weighted by molar-refractivity contribution is 7.89. The molecular weight excluding hydrogens is 394 g/mol. The summed E-state index contributed by atoms with van der Waals surface area (Å²) in [7, 11) is -3.60. The van der Waals surface area contributed by atoms with Gasteiger partial charge in [-0.05, 0) is 48.4 Å². The molecule has 0 unspecified atom stereocenters. The highest BCUT2D eigenvalue weighted by Crippen LogP contribution is 2.21. The molecule has 2 aliphatic rings. The Labute approximate surface area is 168 Å².